The van der Waals surface area contributed by atoms with Crippen LogP contribution in [0, 0.1) is 11.8 Å². The number of nitrogens with zero attached hydrogens (tertiary/aromatic N) is 1. The van der Waals surface area contributed by atoms with Gasteiger partial charge < -0.3 is 24.3 Å². The first kappa shape index (κ1) is 13.8. The average Bonchev–Trinajstić information content (AvgIpc) is 2.96. The van der Waals surface area contributed by atoms with Crippen LogP contribution < -0.4 is 5.11 Å². The van der Waals surface area contributed by atoms with E-state index < -0.39 is 17.8 Å². The maximum atomic E-state index is 12.7. The minimum absolute atomic E-state index is 0.0244. The highest BCUT2D eigenvalue weighted by Gasteiger charge is 2.54. The Bertz CT molecular complexity index is 416. The largest absolute Gasteiger partial charge is 0.550 e. The Morgan fingerprint density at radius 3 is 2.10 bits per heavy atom. The van der Waals surface area contributed by atoms with Gasteiger partial charge in [-0.15, -0.1) is 0 Å². The molecule has 112 valence electrons. The van der Waals surface area contributed by atoms with Crippen molar-refractivity contribution in [1.82, 2.24) is 4.90 Å². The molecular weight excluding hydrogens is 262 g/mol. The summed E-state index contributed by atoms with van der Waals surface area (Å²) < 4.78 is 11.2. The summed E-state index contributed by atoms with van der Waals surface area (Å²) >= 11 is 0. The number of amides is 1. The smallest absolute Gasteiger partial charge is 0.229 e. The van der Waals surface area contributed by atoms with Gasteiger partial charge in [0.15, 0.2) is 0 Å². The van der Waals surface area contributed by atoms with E-state index in [0.717, 1.165) is 6.42 Å². The van der Waals surface area contributed by atoms with Crippen molar-refractivity contribution in [2.24, 2.45) is 11.8 Å². The number of carboxylic acid groups (broad SMARTS) is 1. The van der Waals surface area contributed by atoms with Gasteiger partial charge in [0.05, 0.1) is 30.3 Å². The Labute approximate surface area is 118 Å². The van der Waals surface area contributed by atoms with Crippen LogP contribution in [0.4, 0.5) is 0 Å². The van der Waals surface area contributed by atoms with Gasteiger partial charge in [0.1, 0.15) is 0 Å². The summed E-state index contributed by atoms with van der Waals surface area (Å²) in [5, 5.41) is 11.3. The fourth-order valence-electron chi connectivity index (χ4n) is 3.86. The molecule has 6 atom stereocenters. The lowest BCUT2D eigenvalue weighted by molar-refractivity contribution is -0.314. The fourth-order valence-corrected chi connectivity index (χ4v) is 3.86. The van der Waals surface area contributed by atoms with Gasteiger partial charge in [-0.2, -0.15) is 0 Å². The predicted molar refractivity (Wildman–Crippen MR) is 66.5 cm³/mol. The molecule has 3 fully saturated rings. The Morgan fingerprint density at radius 2 is 1.55 bits per heavy atom. The van der Waals surface area contributed by atoms with E-state index in [1.165, 1.54) is 0 Å². The van der Waals surface area contributed by atoms with Gasteiger partial charge in [0.25, 0.3) is 0 Å². The van der Waals surface area contributed by atoms with E-state index in [4.69, 9.17) is 9.47 Å². The van der Waals surface area contributed by atoms with Gasteiger partial charge in [-0.25, -0.2) is 0 Å². The zero-order valence-electron chi connectivity index (χ0n) is 11.8. The topological polar surface area (TPSA) is 78.9 Å². The van der Waals surface area contributed by atoms with Crippen LogP contribution in [0.15, 0.2) is 0 Å². The zero-order valence-corrected chi connectivity index (χ0v) is 11.8. The molecule has 3 saturated heterocycles. The van der Waals surface area contributed by atoms with Crippen LogP contribution >= 0.6 is 0 Å². The standard InChI is InChI=1S/C14H21NO5/c1-7-5-15(6-8(2)19-7)13(16)11-9-3-4-10(20-9)12(11)14(17)18/h7-12H,3-6H2,1-2H3,(H,17,18)/p-1. The van der Waals surface area contributed by atoms with E-state index >= 15 is 0 Å². The molecule has 6 nitrogen and oxygen atoms in total. The van der Waals surface area contributed by atoms with Crippen LogP contribution in [0.25, 0.3) is 0 Å². The van der Waals surface area contributed by atoms with E-state index in [1.807, 2.05) is 13.8 Å². The molecule has 6 unspecified atom stereocenters. The van der Waals surface area contributed by atoms with Crippen molar-refractivity contribution in [3.8, 4) is 0 Å². The SMILES string of the molecule is CC1CN(C(=O)C2C3CCC(O3)C2C(=O)[O-])CC(C)O1. The van der Waals surface area contributed by atoms with E-state index in [-0.39, 0.29) is 30.3 Å². The molecule has 3 rings (SSSR count). The molecule has 0 spiro atoms. The summed E-state index contributed by atoms with van der Waals surface area (Å²) in [4.78, 5) is 25.8. The number of hydrogen-bond donors (Lipinski definition) is 0. The van der Waals surface area contributed by atoms with Gasteiger partial charge in [-0.05, 0) is 26.7 Å². The molecule has 0 saturated carbocycles. The Kier molecular flexibility index (Phi) is 3.46. The number of morpholine rings is 1. The van der Waals surface area contributed by atoms with Crippen LogP contribution in [-0.2, 0) is 19.1 Å². The molecule has 20 heavy (non-hydrogen) atoms. The highest BCUT2D eigenvalue weighted by molar-refractivity contribution is 5.86. The molecule has 2 bridgehead atoms. The molecule has 3 aliphatic heterocycles. The lowest BCUT2D eigenvalue weighted by Gasteiger charge is -2.39. The summed E-state index contributed by atoms with van der Waals surface area (Å²) in [7, 11) is 0. The van der Waals surface area contributed by atoms with Crippen molar-refractivity contribution in [1.29, 1.82) is 0 Å². The summed E-state index contributed by atoms with van der Waals surface area (Å²) in [5.74, 6) is -2.66. The molecule has 6 heteroatoms. The lowest BCUT2D eigenvalue weighted by atomic mass is 9.78. The number of carbonyl (C=O) groups is 2. The first-order valence-corrected chi connectivity index (χ1v) is 7.28. The predicted octanol–water partition coefficient (Wildman–Crippen LogP) is -0.834. The van der Waals surface area contributed by atoms with Crippen molar-refractivity contribution >= 4 is 11.9 Å². The molecule has 3 aliphatic rings. The van der Waals surface area contributed by atoms with Gasteiger partial charge in [0, 0.05) is 25.0 Å². The highest BCUT2D eigenvalue weighted by Crippen LogP contribution is 2.44. The van der Waals surface area contributed by atoms with Crippen LogP contribution in [0.5, 0.6) is 0 Å². The quantitative estimate of drug-likeness (QED) is 0.660. The van der Waals surface area contributed by atoms with Crippen LogP contribution in [0.3, 0.4) is 0 Å². The number of carbonyl (C=O) groups excluding carboxylic acids is 2. The Morgan fingerprint density at radius 1 is 1.00 bits per heavy atom. The second kappa shape index (κ2) is 5.00. The van der Waals surface area contributed by atoms with E-state index in [9.17, 15) is 14.7 Å². The van der Waals surface area contributed by atoms with Crippen molar-refractivity contribution in [3.63, 3.8) is 0 Å². The van der Waals surface area contributed by atoms with Crippen LogP contribution in [0.2, 0.25) is 0 Å². The number of fused-ring (bicyclic) bond motifs is 2. The van der Waals surface area contributed by atoms with Crippen molar-refractivity contribution < 1.29 is 24.2 Å². The monoisotopic (exact) mass is 282 g/mol. The van der Waals surface area contributed by atoms with Crippen molar-refractivity contribution in [2.75, 3.05) is 13.1 Å². The van der Waals surface area contributed by atoms with E-state index in [1.54, 1.807) is 4.90 Å². The normalized spacial score (nSPS) is 43.8. The maximum Gasteiger partial charge on any atom is 0.229 e. The third-order valence-electron chi connectivity index (χ3n) is 4.56. The molecular formula is C14H20NO5-. The molecule has 0 aromatic carbocycles. The third kappa shape index (κ3) is 2.20. The Balaban J connectivity index is 1.77. The Hall–Kier alpha value is -1.14. The third-order valence-corrected chi connectivity index (χ3v) is 4.56. The highest BCUT2D eigenvalue weighted by atomic mass is 16.5. The minimum atomic E-state index is -1.16. The molecule has 0 aromatic heterocycles. The molecule has 3 heterocycles. The van der Waals surface area contributed by atoms with Gasteiger partial charge in [0.2, 0.25) is 5.91 Å². The molecule has 0 radical (unpaired) electrons. The fraction of sp³-hybridized carbons (Fsp3) is 0.857. The number of ether oxygens (including phenoxy) is 2. The number of carboxylic acids is 1. The summed E-state index contributed by atoms with van der Waals surface area (Å²) in [6.07, 6.45) is 0.814. The number of aliphatic carboxylic acids is 1. The first-order valence-electron chi connectivity index (χ1n) is 7.28. The summed E-state index contributed by atoms with van der Waals surface area (Å²) in [6, 6.07) is 0. The maximum absolute atomic E-state index is 12.7. The van der Waals surface area contributed by atoms with Crippen LogP contribution in [-0.4, -0.2) is 54.3 Å². The summed E-state index contributed by atoms with van der Waals surface area (Å²) in [6.45, 7) is 4.86. The first-order chi connectivity index (χ1) is 9.47. The lowest BCUT2D eigenvalue weighted by Crippen LogP contribution is -2.54. The molecule has 0 N–H and O–H groups in total. The molecule has 0 aliphatic carbocycles. The second-order valence-electron chi connectivity index (χ2n) is 6.16. The van der Waals surface area contributed by atoms with Gasteiger partial charge >= 0.3 is 0 Å². The zero-order chi connectivity index (χ0) is 14.4. The van der Waals surface area contributed by atoms with Crippen molar-refractivity contribution in [2.45, 2.75) is 51.1 Å². The molecule has 1 amide bonds. The number of rotatable bonds is 2. The van der Waals surface area contributed by atoms with Gasteiger partial charge in [-0.3, -0.25) is 4.79 Å². The number of hydrogen-bond acceptors (Lipinski definition) is 5. The minimum Gasteiger partial charge on any atom is -0.550 e. The second-order valence-corrected chi connectivity index (χ2v) is 6.16. The summed E-state index contributed by atoms with van der Waals surface area (Å²) in [5.41, 5.74) is 0. The van der Waals surface area contributed by atoms with Crippen molar-refractivity contribution in [3.05, 3.63) is 0 Å². The van der Waals surface area contributed by atoms with E-state index in [0.29, 0.717) is 19.5 Å². The van der Waals surface area contributed by atoms with E-state index in [2.05, 4.69) is 0 Å². The van der Waals surface area contributed by atoms with Crippen LogP contribution in [0.1, 0.15) is 26.7 Å². The van der Waals surface area contributed by atoms with Gasteiger partial charge in [-0.1, -0.05) is 0 Å². The average molecular weight is 282 g/mol. The molecule has 0 aromatic rings.